The Balaban J connectivity index is 2.64. The molecule has 0 bridgehead atoms. The highest BCUT2D eigenvalue weighted by Crippen LogP contribution is 2.30. The van der Waals surface area contributed by atoms with Gasteiger partial charge in [-0.05, 0) is 35.0 Å². The molecule has 3 nitrogen and oxygen atoms in total. The number of nitrogens with zero attached hydrogens (tertiary/aromatic N) is 2. The maximum atomic E-state index is 5.94. The van der Waals surface area contributed by atoms with Gasteiger partial charge >= 0.3 is 0 Å². The highest BCUT2D eigenvalue weighted by Gasteiger charge is 2.08. The number of anilines is 1. The molecule has 0 radical (unpaired) electrons. The third-order valence-corrected chi connectivity index (χ3v) is 3.35. The van der Waals surface area contributed by atoms with Crippen molar-refractivity contribution in [3.05, 3.63) is 39.8 Å². The van der Waals surface area contributed by atoms with Crippen LogP contribution in [0.1, 0.15) is 5.82 Å². The summed E-state index contributed by atoms with van der Waals surface area (Å²) in [6.07, 6.45) is 3.60. The third-order valence-electron chi connectivity index (χ3n) is 2.15. The second-order valence-corrected chi connectivity index (χ2v) is 4.43. The molecule has 0 saturated heterocycles. The Morgan fingerprint density at radius 2 is 2.20 bits per heavy atom. The number of rotatable bonds is 1. The van der Waals surface area contributed by atoms with E-state index in [0.29, 0.717) is 10.7 Å². The van der Waals surface area contributed by atoms with Crippen LogP contribution >= 0.6 is 27.5 Å². The largest absolute Gasteiger partial charge is 0.397 e. The van der Waals surface area contributed by atoms with Gasteiger partial charge in [0.25, 0.3) is 0 Å². The van der Waals surface area contributed by atoms with Crippen LogP contribution in [0.15, 0.2) is 29.0 Å². The van der Waals surface area contributed by atoms with Gasteiger partial charge in [0.15, 0.2) is 0 Å². The molecule has 2 aromatic rings. The molecule has 0 aliphatic rings. The monoisotopic (exact) mass is 285 g/mol. The number of hydrogen-bond acceptors (Lipinski definition) is 2. The molecule has 0 atom stereocenters. The minimum Gasteiger partial charge on any atom is -0.397 e. The summed E-state index contributed by atoms with van der Waals surface area (Å²) in [4.78, 5) is 4.15. The van der Waals surface area contributed by atoms with E-state index in [2.05, 4.69) is 20.9 Å². The SMILES string of the molecule is Cc1nccn1-c1cc(Br)c(Cl)cc1N. The number of aromatic nitrogens is 2. The van der Waals surface area contributed by atoms with Crippen molar-refractivity contribution in [1.82, 2.24) is 9.55 Å². The molecule has 1 heterocycles. The number of hydrogen-bond donors (Lipinski definition) is 1. The molecule has 0 fully saturated rings. The highest BCUT2D eigenvalue weighted by molar-refractivity contribution is 9.10. The molecule has 15 heavy (non-hydrogen) atoms. The lowest BCUT2D eigenvalue weighted by Gasteiger charge is -2.10. The van der Waals surface area contributed by atoms with Crippen molar-refractivity contribution in [1.29, 1.82) is 0 Å². The Bertz CT molecular complexity index is 507. The normalized spacial score (nSPS) is 10.6. The summed E-state index contributed by atoms with van der Waals surface area (Å²) >= 11 is 9.30. The van der Waals surface area contributed by atoms with E-state index in [1.54, 1.807) is 12.3 Å². The fourth-order valence-corrected chi connectivity index (χ4v) is 1.90. The Hall–Kier alpha value is -1.00. The molecule has 2 rings (SSSR count). The number of aryl methyl sites for hydroxylation is 1. The summed E-state index contributed by atoms with van der Waals surface area (Å²) in [5.41, 5.74) is 7.40. The lowest BCUT2D eigenvalue weighted by molar-refractivity contribution is 0.976. The zero-order chi connectivity index (χ0) is 11.0. The van der Waals surface area contributed by atoms with E-state index in [4.69, 9.17) is 17.3 Å². The highest BCUT2D eigenvalue weighted by atomic mass is 79.9. The van der Waals surface area contributed by atoms with Gasteiger partial charge in [0.1, 0.15) is 5.82 Å². The second kappa shape index (κ2) is 3.87. The number of halogens is 2. The van der Waals surface area contributed by atoms with Crippen molar-refractivity contribution in [2.45, 2.75) is 6.92 Å². The van der Waals surface area contributed by atoms with Crippen molar-refractivity contribution < 1.29 is 0 Å². The average molecular weight is 287 g/mol. The maximum Gasteiger partial charge on any atom is 0.110 e. The lowest BCUT2D eigenvalue weighted by Crippen LogP contribution is -2.00. The minimum absolute atomic E-state index is 0.606. The first kappa shape index (κ1) is 10.5. The summed E-state index contributed by atoms with van der Waals surface area (Å²) in [6.45, 7) is 1.92. The van der Waals surface area contributed by atoms with Gasteiger partial charge < -0.3 is 10.3 Å². The molecule has 0 unspecified atom stereocenters. The van der Waals surface area contributed by atoms with Crippen LogP contribution in [0.4, 0.5) is 5.69 Å². The Labute approximate surface area is 101 Å². The van der Waals surface area contributed by atoms with Crippen LogP contribution in [0.2, 0.25) is 5.02 Å². The van der Waals surface area contributed by atoms with E-state index in [1.807, 2.05) is 23.8 Å². The van der Waals surface area contributed by atoms with Crippen LogP contribution in [-0.4, -0.2) is 9.55 Å². The first-order chi connectivity index (χ1) is 7.09. The molecule has 0 saturated carbocycles. The van der Waals surface area contributed by atoms with Crippen molar-refractivity contribution in [2.75, 3.05) is 5.73 Å². The van der Waals surface area contributed by atoms with Crippen molar-refractivity contribution in [3.8, 4) is 5.69 Å². The maximum absolute atomic E-state index is 5.94. The molecular weight excluding hydrogens is 277 g/mol. The zero-order valence-corrected chi connectivity index (χ0v) is 10.4. The summed E-state index contributed by atoms with van der Waals surface area (Å²) in [7, 11) is 0. The fraction of sp³-hybridized carbons (Fsp3) is 0.100. The summed E-state index contributed by atoms with van der Waals surface area (Å²) in [6, 6.07) is 3.60. The third kappa shape index (κ3) is 1.87. The Morgan fingerprint density at radius 1 is 1.47 bits per heavy atom. The van der Waals surface area contributed by atoms with Crippen LogP contribution in [0.5, 0.6) is 0 Å². The average Bonchev–Trinajstić information content (AvgIpc) is 2.58. The quantitative estimate of drug-likeness (QED) is 0.818. The smallest absolute Gasteiger partial charge is 0.110 e. The molecule has 2 N–H and O–H groups in total. The van der Waals surface area contributed by atoms with E-state index in [9.17, 15) is 0 Å². The molecule has 0 spiro atoms. The van der Waals surface area contributed by atoms with Crippen LogP contribution in [0.3, 0.4) is 0 Å². The van der Waals surface area contributed by atoms with E-state index >= 15 is 0 Å². The zero-order valence-electron chi connectivity index (χ0n) is 8.04. The molecule has 0 aliphatic carbocycles. The lowest BCUT2D eigenvalue weighted by atomic mass is 10.2. The predicted molar refractivity (Wildman–Crippen MR) is 65.4 cm³/mol. The van der Waals surface area contributed by atoms with E-state index < -0.39 is 0 Å². The topological polar surface area (TPSA) is 43.8 Å². The summed E-state index contributed by atoms with van der Waals surface area (Å²) < 4.78 is 2.73. The molecule has 1 aromatic heterocycles. The number of benzene rings is 1. The van der Waals surface area contributed by atoms with Crippen molar-refractivity contribution >= 4 is 33.2 Å². The second-order valence-electron chi connectivity index (χ2n) is 3.17. The van der Waals surface area contributed by atoms with Gasteiger partial charge in [-0.25, -0.2) is 4.98 Å². The van der Waals surface area contributed by atoms with Gasteiger partial charge in [0, 0.05) is 16.9 Å². The Morgan fingerprint density at radius 3 is 2.80 bits per heavy atom. The van der Waals surface area contributed by atoms with Crippen molar-refractivity contribution in [3.63, 3.8) is 0 Å². The first-order valence-electron chi connectivity index (χ1n) is 4.34. The molecular formula is C10H9BrClN3. The fourth-order valence-electron chi connectivity index (χ4n) is 1.39. The number of nitrogen functional groups attached to an aromatic ring is 1. The van der Waals surface area contributed by atoms with Crippen molar-refractivity contribution in [2.24, 2.45) is 0 Å². The van der Waals surface area contributed by atoms with Crippen LogP contribution in [0.25, 0.3) is 5.69 Å². The Kier molecular flexibility index (Phi) is 2.71. The predicted octanol–water partition coefficient (Wildman–Crippen LogP) is 3.18. The number of imidazole rings is 1. The van der Waals surface area contributed by atoms with E-state index in [-0.39, 0.29) is 0 Å². The molecule has 5 heteroatoms. The van der Waals surface area contributed by atoms with Crippen LogP contribution in [0, 0.1) is 6.92 Å². The molecule has 0 aliphatic heterocycles. The van der Waals surface area contributed by atoms with E-state index in [1.165, 1.54) is 0 Å². The molecule has 1 aromatic carbocycles. The first-order valence-corrected chi connectivity index (χ1v) is 5.51. The summed E-state index contributed by atoms with van der Waals surface area (Å²) in [5.74, 6) is 0.885. The van der Waals surface area contributed by atoms with Gasteiger partial charge in [-0.1, -0.05) is 11.6 Å². The molecule has 78 valence electrons. The van der Waals surface area contributed by atoms with Crippen LogP contribution in [-0.2, 0) is 0 Å². The van der Waals surface area contributed by atoms with Gasteiger partial charge in [0.05, 0.1) is 16.4 Å². The van der Waals surface area contributed by atoms with Crippen LogP contribution < -0.4 is 5.73 Å². The van der Waals surface area contributed by atoms with Gasteiger partial charge in [0.2, 0.25) is 0 Å². The number of nitrogens with two attached hydrogens (primary N) is 1. The standard InChI is InChI=1S/C10H9BrClN3/c1-6-14-2-3-15(6)10-4-7(11)8(12)5-9(10)13/h2-5H,13H2,1H3. The van der Waals surface area contributed by atoms with Gasteiger partial charge in [-0.3, -0.25) is 0 Å². The van der Waals surface area contributed by atoms with Gasteiger partial charge in [-0.2, -0.15) is 0 Å². The molecule has 0 amide bonds. The van der Waals surface area contributed by atoms with Gasteiger partial charge in [-0.15, -0.1) is 0 Å². The summed E-state index contributed by atoms with van der Waals surface area (Å²) in [5, 5.41) is 0.606. The minimum atomic E-state index is 0.606. The van der Waals surface area contributed by atoms with E-state index in [0.717, 1.165) is 16.0 Å².